The number of nitrogens with one attached hydrogen (secondary N) is 1. The Hall–Kier alpha value is -3.29. The van der Waals surface area contributed by atoms with Crippen molar-refractivity contribution in [3.63, 3.8) is 0 Å². The van der Waals surface area contributed by atoms with Gasteiger partial charge in [0.05, 0.1) is 16.8 Å². The summed E-state index contributed by atoms with van der Waals surface area (Å²) < 4.78 is 15.8. The minimum Gasteiger partial charge on any atom is -0.340 e. The van der Waals surface area contributed by atoms with Crippen molar-refractivity contribution in [3.05, 3.63) is 106 Å². The molecule has 6 nitrogen and oxygen atoms in total. The van der Waals surface area contributed by atoms with Crippen molar-refractivity contribution < 1.29 is 9.18 Å². The molecule has 30 heavy (non-hydrogen) atoms. The fourth-order valence-corrected chi connectivity index (χ4v) is 3.16. The highest BCUT2D eigenvalue weighted by Crippen LogP contribution is 2.24. The second-order valence-electron chi connectivity index (χ2n) is 6.37. The zero-order valence-electron chi connectivity index (χ0n) is 15.3. The fourth-order valence-electron chi connectivity index (χ4n) is 2.92. The maximum Gasteiger partial charge on any atom is 0.252 e. The first kappa shape index (κ1) is 20.0. The predicted octanol–water partition coefficient (Wildman–Crippen LogP) is 4.63. The highest BCUT2D eigenvalue weighted by Gasteiger charge is 2.20. The number of pyridine rings is 1. The second kappa shape index (κ2) is 8.61. The van der Waals surface area contributed by atoms with Crippen LogP contribution < -0.4 is 5.32 Å². The Bertz CT molecular complexity index is 1120. The molecule has 0 saturated heterocycles. The lowest BCUT2D eigenvalue weighted by atomic mass is 10.0. The smallest absolute Gasteiger partial charge is 0.252 e. The van der Waals surface area contributed by atoms with E-state index in [4.69, 9.17) is 23.2 Å². The molecule has 0 aliphatic heterocycles. The van der Waals surface area contributed by atoms with Crippen LogP contribution in [0.15, 0.2) is 73.4 Å². The van der Waals surface area contributed by atoms with E-state index >= 15 is 0 Å². The van der Waals surface area contributed by atoms with E-state index in [0.29, 0.717) is 15.7 Å². The van der Waals surface area contributed by atoms with E-state index in [1.54, 1.807) is 36.4 Å². The van der Waals surface area contributed by atoms with Crippen LogP contribution in [0.1, 0.15) is 27.7 Å². The average Bonchev–Trinajstić information content (AvgIpc) is 3.28. The van der Waals surface area contributed by atoms with Crippen LogP contribution in [0.3, 0.4) is 0 Å². The van der Waals surface area contributed by atoms with Crippen molar-refractivity contribution in [3.8, 4) is 5.69 Å². The van der Waals surface area contributed by atoms with Crippen LogP contribution in [-0.2, 0) is 0 Å². The molecule has 1 atom stereocenters. The molecule has 2 heterocycles. The number of hydrogen-bond donors (Lipinski definition) is 1. The quantitative estimate of drug-likeness (QED) is 0.489. The molecule has 0 aliphatic rings. The van der Waals surface area contributed by atoms with E-state index in [-0.39, 0.29) is 11.3 Å². The summed E-state index contributed by atoms with van der Waals surface area (Å²) in [6.07, 6.45) is 4.18. The molecule has 0 aliphatic carbocycles. The van der Waals surface area contributed by atoms with E-state index in [2.05, 4.69) is 20.4 Å². The van der Waals surface area contributed by atoms with Gasteiger partial charge >= 0.3 is 0 Å². The molecule has 0 unspecified atom stereocenters. The zero-order chi connectivity index (χ0) is 21.1. The van der Waals surface area contributed by atoms with E-state index < -0.39 is 17.8 Å². The molecule has 1 N–H and O–H groups in total. The number of benzene rings is 2. The number of halogens is 3. The largest absolute Gasteiger partial charge is 0.340 e. The number of hydrogen-bond acceptors (Lipinski definition) is 4. The van der Waals surface area contributed by atoms with Gasteiger partial charge < -0.3 is 5.32 Å². The third-order valence-corrected chi connectivity index (χ3v) is 4.88. The topological polar surface area (TPSA) is 72.7 Å². The van der Waals surface area contributed by atoms with E-state index in [1.165, 1.54) is 35.7 Å². The predicted molar refractivity (Wildman–Crippen MR) is 111 cm³/mol. The van der Waals surface area contributed by atoms with Crippen LogP contribution in [0.4, 0.5) is 4.39 Å². The van der Waals surface area contributed by atoms with Crippen molar-refractivity contribution in [2.75, 3.05) is 0 Å². The monoisotopic (exact) mass is 441 g/mol. The number of nitrogens with zero attached hydrogens (tertiary/aromatic N) is 4. The highest BCUT2D eigenvalue weighted by atomic mass is 35.5. The van der Waals surface area contributed by atoms with E-state index in [9.17, 15) is 9.18 Å². The van der Waals surface area contributed by atoms with Crippen molar-refractivity contribution in [1.82, 2.24) is 25.1 Å². The minimum atomic E-state index is -0.596. The maximum absolute atomic E-state index is 14.5. The average molecular weight is 442 g/mol. The van der Waals surface area contributed by atoms with Crippen LogP contribution >= 0.6 is 23.2 Å². The fraction of sp³-hybridized carbons (Fsp3) is 0.0476. The van der Waals surface area contributed by atoms with Gasteiger partial charge in [-0.3, -0.25) is 9.78 Å². The third kappa shape index (κ3) is 4.32. The molecule has 0 bridgehead atoms. The molecule has 0 radical (unpaired) electrons. The molecule has 9 heteroatoms. The zero-order valence-corrected chi connectivity index (χ0v) is 16.8. The standard InChI is InChI=1S/C21H14Cl2FN5O/c22-15-4-1-13(2-5-15)20(18-7-6-16(23)10-26-18)28-21(30)14-3-8-19(17(24)9-14)29-12-25-11-27-29/h1-12,20H,(H,28,30)/t20-/m0/s1. The van der Waals surface area contributed by atoms with Gasteiger partial charge in [-0.1, -0.05) is 35.3 Å². The van der Waals surface area contributed by atoms with Gasteiger partial charge in [0.15, 0.2) is 0 Å². The molecule has 0 spiro atoms. The first-order chi connectivity index (χ1) is 14.5. The third-order valence-electron chi connectivity index (χ3n) is 4.40. The van der Waals surface area contributed by atoms with Crippen molar-refractivity contribution >= 4 is 29.1 Å². The summed E-state index contributed by atoms with van der Waals surface area (Å²) in [5, 5.41) is 7.84. The van der Waals surface area contributed by atoms with E-state index in [1.807, 2.05) is 0 Å². The first-order valence-electron chi connectivity index (χ1n) is 8.83. The van der Waals surface area contributed by atoms with Gasteiger partial charge in [0, 0.05) is 16.8 Å². The van der Waals surface area contributed by atoms with E-state index in [0.717, 1.165) is 11.6 Å². The lowest BCUT2D eigenvalue weighted by Gasteiger charge is -2.19. The Morgan fingerprint density at radius 3 is 2.43 bits per heavy atom. The number of carbonyl (C=O) groups excluding carboxylic acids is 1. The molecule has 0 fully saturated rings. The SMILES string of the molecule is O=C(N[C@@H](c1ccc(Cl)cc1)c1ccc(Cl)cn1)c1ccc(-n2cncn2)c(F)c1. The molecule has 4 rings (SSSR count). The lowest BCUT2D eigenvalue weighted by molar-refractivity contribution is 0.0942. The number of rotatable bonds is 5. The van der Waals surface area contributed by atoms with Crippen LogP contribution in [0, 0.1) is 5.82 Å². The number of aromatic nitrogens is 4. The summed E-state index contributed by atoms with van der Waals surface area (Å²) in [5.41, 5.74) is 1.69. The molecule has 4 aromatic rings. The second-order valence-corrected chi connectivity index (χ2v) is 7.24. The normalized spacial score (nSPS) is 11.8. The van der Waals surface area contributed by atoms with Crippen LogP contribution in [0.5, 0.6) is 0 Å². The van der Waals surface area contributed by atoms with Gasteiger partial charge in [0.1, 0.15) is 24.2 Å². The molecule has 2 aromatic carbocycles. The summed E-state index contributed by atoms with van der Waals surface area (Å²) in [6, 6.07) is 14.0. The van der Waals surface area contributed by atoms with Crippen LogP contribution in [0.25, 0.3) is 5.69 Å². The molecule has 0 saturated carbocycles. The summed E-state index contributed by atoms with van der Waals surface area (Å²) >= 11 is 11.9. The Kier molecular flexibility index (Phi) is 5.74. The van der Waals surface area contributed by atoms with Gasteiger partial charge in [0.2, 0.25) is 0 Å². The molecular weight excluding hydrogens is 428 g/mol. The van der Waals surface area contributed by atoms with Crippen molar-refractivity contribution in [2.45, 2.75) is 6.04 Å². The summed E-state index contributed by atoms with van der Waals surface area (Å²) in [4.78, 5) is 21.0. The van der Waals surface area contributed by atoms with Gasteiger partial charge in [-0.15, -0.1) is 0 Å². The lowest BCUT2D eigenvalue weighted by Crippen LogP contribution is -2.30. The Balaban J connectivity index is 1.64. The summed E-state index contributed by atoms with van der Waals surface area (Å²) in [6.45, 7) is 0. The van der Waals surface area contributed by atoms with Gasteiger partial charge in [0.25, 0.3) is 5.91 Å². The molecular formula is C21H14Cl2FN5O. The Morgan fingerprint density at radius 1 is 1.03 bits per heavy atom. The van der Waals surface area contributed by atoms with Crippen LogP contribution in [0.2, 0.25) is 10.0 Å². The number of carbonyl (C=O) groups is 1. The molecule has 2 aromatic heterocycles. The van der Waals surface area contributed by atoms with Gasteiger partial charge in [-0.25, -0.2) is 14.1 Å². The van der Waals surface area contributed by atoms with Gasteiger partial charge in [-0.05, 0) is 48.0 Å². The summed E-state index contributed by atoms with van der Waals surface area (Å²) in [7, 11) is 0. The van der Waals surface area contributed by atoms with Gasteiger partial charge in [-0.2, -0.15) is 5.10 Å². The molecule has 1 amide bonds. The highest BCUT2D eigenvalue weighted by molar-refractivity contribution is 6.30. The Labute approximate surface area is 181 Å². The number of amides is 1. The van der Waals surface area contributed by atoms with Crippen LogP contribution in [-0.4, -0.2) is 25.7 Å². The molecule has 150 valence electrons. The Morgan fingerprint density at radius 2 is 1.80 bits per heavy atom. The van der Waals surface area contributed by atoms with Crippen molar-refractivity contribution in [2.24, 2.45) is 0 Å². The van der Waals surface area contributed by atoms with Crippen molar-refractivity contribution in [1.29, 1.82) is 0 Å². The summed E-state index contributed by atoms with van der Waals surface area (Å²) in [5.74, 6) is -1.06. The maximum atomic E-state index is 14.5. The minimum absolute atomic E-state index is 0.157. The first-order valence-corrected chi connectivity index (χ1v) is 9.59.